The molecular formula is C37H48N2O8S. The van der Waals surface area contributed by atoms with Gasteiger partial charge in [0.1, 0.15) is 0 Å². The van der Waals surface area contributed by atoms with Crippen molar-refractivity contribution in [1.29, 1.82) is 0 Å². The van der Waals surface area contributed by atoms with Gasteiger partial charge in [-0.2, -0.15) is 0 Å². The van der Waals surface area contributed by atoms with Gasteiger partial charge in [-0.3, -0.25) is 14.3 Å². The van der Waals surface area contributed by atoms with E-state index in [0.717, 1.165) is 44.8 Å². The third kappa shape index (κ3) is 11.7. The van der Waals surface area contributed by atoms with Crippen LogP contribution in [0.25, 0.3) is 10.8 Å². The number of unbranched alkanes of at least 4 members (excludes halogenated alkanes) is 4. The Morgan fingerprint density at radius 2 is 1.56 bits per heavy atom. The molecule has 4 rings (SSSR count). The molecule has 1 N–H and O–H groups in total. The lowest BCUT2D eigenvalue weighted by atomic mass is 10.0. The SMILES string of the molecule is Cc1ccc(CCCCCO[C@@H](C(=O)N(CCCCCc2ccc3ccccc3c2)CCC(=O)NS(C)(=O)=O)[C@H]2OCOC2=O)cc1C. The largest absolute Gasteiger partial charge is 0.436 e. The summed E-state index contributed by atoms with van der Waals surface area (Å²) < 4.78 is 41.6. The average molecular weight is 681 g/mol. The highest BCUT2D eigenvalue weighted by atomic mass is 32.2. The van der Waals surface area contributed by atoms with Crippen LogP contribution in [0.3, 0.4) is 0 Å². The lowest BCUT2D eigenvalue weighted by Gasteiger charge is -2.29. The molecule has 3 aromatic carbocycles. The highest BCUT2D eigenvalue weighted by Crippen LogP contribution is 2.20. The number of nitrogens with zero attached hydrogens (tertiary/aromatic N) is 1. The number of carbonyl (C=O) groups is 3. The fraction of sp³-hybridized carbons (Fsp3) is 0.486. The topological polar surface area (TPSA) is 128 Å². The van der Waals surface area contributed by atoms with Gasteiger partial charge in [0.25, 0.3) is 5.91 Å². The molecular weight excluding hydrogens is 632 g/mol. The molecule has 3 aromatic rings. The Hall–Kier alpha value is -3.80. The molecule has 0 spiro atoms. The van der Waals surface area contributed by atoms with Crippen LogP contribution in [-0.4, -0.2) is 76.1 Å². The van der Waals surface area contributed by atoms with E-state index in [0.29, 0.717) is 19.4 Å². The zero-order valence-corrected chi connectivity index (χ0v) is 29.1. The van der Waals surface area contributed by atoms with E-state index in [2.05, 4.69) is 62.4 Å². The number of hydrogen-bond donors (Lipinski definition) is 1. The summed E-state index contributed by atoms with van der Waals surface area (Å²) in [5.41, 5.74) is 5.05. The first-order chi connectivity index (χ1) is 23.0. The lowest BCUT2D eigenvalue weighted by Crippen LogP contribution is -2.49. The van der Waals surface area contributed by atoms with E-state index in [-0.39, 0.29) is 26.4 Å². The van der Waals surface area contributed by atoms with Crippen molar-refractivity contribution in [2.75, 3.05) is 32.7 Å². The summed E-state index contributed by atoms with van der Waals surface area (Å²) >= 11 is 0. The van der Waals surface area contributed by atoms with Crippen molar-refractivity contribution in [3.63, 3.8) is 0 Å². The van der Waals surface area contributed by atoms with Crippen molar-refractivity contribution in [3.05, 3.63) is 82.9 Å². The lowest BCUT2D eigenvalue weighted by molar-refractivity contribution is -0.158. The molecule has 0 aromatic heterocycles. The molecule has 48 heavy (non-hydrogen) atoms. The van der Waals surface area contributed by atoms with E-state index in [1.54, 1.807) is 0 Å². The van der Waals surface area contributed by atoms with Gasteiger partial charge in [-0.05, 0) is 85.4 Å². The number of rotatable bonds is 19. The van der Waals surface area contributed by atoms with Gasteiger partial charge in [0.05, 0.1) is 6.26 Å². The maximum absolute atomic E-state index is 13.9. The van der Waals surface area contributed by atoms with Gasteiger partial charge in [0.15, 0.2) is 19.0 Å². The van der Waals surface area contributed by atoms with Crippen molar-refractivity contribution in [2.45, 2.75) is 83.8 Å². The molecule has 0 aliphatic carbocycles. The second-order valence-corrected chi connectivity index (χ2v) is 14.3. The van der Waals surface area contributed by atoms with Crippen LogP contribution in [0.4, 0.5) is 0 Å². The van der Waals surface area contributed by atoms with Crippen molar-refractivity contribution in [3.8, 4) is 0 Å². The molecule has 2 amide bonds. The van der Waals surface area contributed by atoms with Gasteiger partial charge in [-0.25, -0.2) is 13.2 Å². The van der Waals surface area contributed by atoms with Crippen molar-refractivity contribution in [2.24, 2.45) is 0 Å². The Morgan fingerprint density at radius 3 is 2.25 bits per heavy atom. The molecule has 0 bridgehead atoms. The molecule has 10 nitrogen and oxygen atoms in total. The number of nitrogens with one attached hydrogen (secondary N) is 1. The van der Waals surface area contributed by atoms with Crippen molar-refractivity contribution >= 4 is 38.6 Å². The highest BCUT2D eigenvalue weighted by Gasteiger charge is 2.42. The smallest absolute Gasteiger partial charge is 0.340 e. The van der Waals surface area contributed by atoms with Crippen LogP contribution >= 0.6 is 0 Å². The van der Waals surface area contributed by atoms with Gasteiger partial charge >= 0.3 is 5.97 Å². The first kappa shape index (κ1) is 37.0. The molecule has 2 atom stereocenters. The minimum atomic E-state index is -3.74. The number of carbonyl (C=O) groups excluding carboxylic acids is 3. The summed E-state index contributed by atoms with van der Waals surface area (Å²) in [6, 6.07) is 21.1. The van der Waals surface area contributed by atoms with Crippen LogP contribution in [-0.2, 0) is 51.5 Å². The van der Waals surface area contributed by atoms with Crippen LogP contribution in [0.1, 0.15) is 67.2 Å². The summed E-state index contributed by atoms with van der Waals surface area (Å²) in [6.07, 6.45) is 4.91. The van der Waals surface area contributed by atoms with Crippen LogP contribution in [0.15, 0.2) is 60.7 Å². The van der Waals surface area contributed by atoms with Crippen LogP contribution in [0.5, 0.6) is 0 Å². The number of esters is 1. The number of hydrogen-bond acceptors (Lipinski definition) is 8. The summed E-state index contributed by atoms with van der Waals surface area (Å²) in [5.74, 6) is -1.88. The molecule has 1 fully saturated rings. The fourth-order valence-corrected chi connectivity index (χ4v) is 6.32. The molecule has 0 radical (unpaired) electrons. The van der Waals surface area contributed by atoms with Crippen molar-refractivity contribution in [1.82, 2.24) is 9.62 Å². The predicted molar refractivity (Wildman–Crippen MR) is 185 cm³/mol. The maximum atomic E-state index is 13.9. The Morgan fingerprint density at radius 1 is 0.875 bits per heavy atom. The summed E-state index contributed by atoms with van der Waals surface area (Å²) in [4.78, 5) is 40.2. The zero-order valence-electron chi connectivity index (χ0n) is 28.2. The standard InChI is InChI=1S/C37H48N2O8S/c1-27-16-17-29(24-28(27)2)12-7-5-11-23-45-34(35-37(42)47-26-46-35)36(41)39(22-20-33(40)38-48(3,43)44)21-10-4-6-13-30-18-19-31-14-8-9-15-32(31)25-30/h8-9,14-19,24-25,34-35H,4-7,10-13,20-23,26H2,1-3H3,(H,38,40)/t34-,35-/m1/s1. The first-order valence-electron chi connectivity index (χ1n) is 16.7. The molecule has 0 saturated carbocycles. The van der Waals surface area contributed by atoms with E-state index in [1.807, 2.05) is 16.9 Å². The van der Waals surface area contributed by atoms with Gasteiger partial charge < -0.3 is 19.1 Å². The molecule has 1 heterocycles. The zero-order chi connectivity index (χ0) is 34.5. The molecule has 1 saturated heterocycles. The van der Waals surface area contributed by atoms with E-state index in [1.165, 1.54) is 37.9 Å². The molecule has 1 aliphatic heterocycles. The fourth-order valence-electron chi connectivity index (χ4n) is 5.80. The molecule has 1 aliphatic rings. The van der Waals surface area contributed by atoms with E-state index < -0.39 is 40.0 Å². The second kappa shape index (κ2) is 18.1. The van der Waals surface area contributed by atoms with Crippen molar-refractivity contribution < 1.29 is 37.0 Å². The molecule has 0 unspecified atom stereocenters. The predicted octanol–water partition coefficient (Wildman–Crippen LogP) is 5.16. The summed E-state index contributed by atoms with van der Waals surface area (Å²) in [5, 5.41) is 2.39. The van der Waals surface area contributed by atoms with Gasteiger partial charge in [0.2, 0.25) is 15.9 Å². The van der Waals surface area contributed by atoms with Crippen LogP contribution in [0, 0.1) is 13.8 Å². The number of ether oxygens (including phenoxy) is 3. The quantitative estimate of drug-likeness (QED) is 0.136. The third-order valence-corrected chi connectivity index (χ3v) is 9.20. The minimum Gasteiger partial charge on any atom is -0.436 e. The molecule has 11 heteroatoms. The first-order valence-corrected chi connectivity index (χ1v) is 18.6. The Kier molecular flexibility index (Phi) is 14.0. The Balaban J connectivity index is 1.33. The minimum absolute atomic E-state index is 0.0392. The number of fused-ring (bicyclic) bond motifs is 1. The monoisotopic (exact) mass is 680 g/mol. The van der Waals surface area contributed by atoms with E-state index in [9.17, 15) is 22.8 Å². The van der Waals surface area contributed by atoms with Gasteiger partial charge in [-0.1, -0.05) is 73.5 Å². The average Bonchev–Trinajstić information content (AvgIpc) is 3.47. The van der Waals surface area contributed by atoms with Crippen LogP contribution in [0.2, 0.25) is 0 Å². The van der Waals surface area contributed by atoms with Crippen LogP contribution < -0.4 is 4.72 Å². The summed E-state index contributed by atoms with van der Waals surface area (Å²) in [6.45, 7) is 4.44. The highest BCUT2D eigenvalue weighted by molar-refractivity contribution is 7.89. The van der Waals surface area contributed by atoms with E-state index in [4.69, 9.17) is 14.2 Å². The van der Waals surface area contributed by atoms with Gasteiger partial charge in [0, 0.05) is 26.1 Å². The maximum Gasteiger partial charge on any atom is 0.340 e. The summed E-state index contributed by atoms with van der Waals surface area (Å²) in [7, 11) is -3.74. The normalized spacial score (nSPS) is 15.3. The third-order valence-electron chi connectivity index (χ3n) is 8.61. The molecule has 260 valence electrons. The number of sulfonamides is 1. The van der Waals surface area contributed by atoms with Gasteiger partial charge in [-0.15, -0.1) is 0 Å². The number of cyclic esters (lactones) is 1. The second-order valence-electron chi connectivity index (χ2n) is 12.6. The Labute approximate surface area is 284 Å². The van der Waals surface area contributed by atoms with E-state index >= 15 is 0 Å². The number of benzene rings is 3. The number of amides is 2. The number of aryl methyl sites for hydroxylation is 4. The Bertz CT molecular complexity index is 1660.